The summed E-state index contributed by atoms with van der Waals surface area (Å²) >= 11 is 0. The number of nitrogens with zero attached hydrogens (tertiary/aromatic N) is 1. The summed E-state index contributed by atoms with van der Waals surface area (Å²) in [5.74, 6) is 0.473. The number of benzene rings is 1. The van der Waals surface area contributed by atoms with Crippen molar-refractivity contribution in [2.24, 2.45) is 0 Å². The maximum absolute atomic E-state index is 12.0. The normalized spacial score (nSPS) is 9.62. The van der Waals surface area contributed by atoms with Crippen LogP contribution in [0.3, 0.4) is 0 Å². The Morgan fingerprint density at radius 3 is 2.88 bits per heavy atom. The highest BCUT2D eigenvalue weighted by Crippen LogP contribution is 2.20. The summed E-state index contributed by atoms with van der Waals surface area (Å²) in [6, 6.07) is 5.02. The van der Waals surface area contributed by atoms with Crippen LogP contribution in [0, 0.1) is 0 Å². The number of nitrogens with two attached hydrogens (primary N) is 1. The molecule has 1 aromatic rings. The zero-order valence-electron chi connectivity index (χ0n) is 9.56. The highest BCUT2D eigenvalue weighted by Gasteiger charge is 2.14. The quantitative estimate of drug-likeness (QED) is 0.618. The Morgan fingerprint density at radius 2 is 2.31 bits per heavy atom. The van der Waals surface area contributed by atoms with Crippen LogP contribution in [-0.2, 0) is 0 Å². The van der Waals surface area contributed by atoms with Crippen LogP contribution in [0.2, 0.25) is 0 Å². The SMILES string of the molecule is C=CCN(C)C(=O)c1cc(OC)ccc1N. The second-order valence-electron chi connectivity index (χ2n) is 3.43. The van der Waals surface area contributed by atoms with Crippen molar-refractivity contribution in [3.63, 3.8) is 0 Å². The Balaban J connectivity index is 3.02. The van der Waals surface area contributed by atoms with E-state index in [0.717, 1.165) is 0 Å². The van der Waals surface area contributed by atoms with Gasteiger partial charge in [0.05, 0.1) is 12.7 Å². The summed E-state index contributed by atoms with van der Waals surface area (Å²) < 4.78 is 5.05. The number of carbonyl (C=O) groups excluding carboxylic acids is 1. The summed E-state index contributed by atoms with van der Waals surface area (Å²) in [7, 11) is 3.25. The fraction of sp³-hybridized carbons (Fsp3) is 0.250. The van der Waals surface area contributed by atoms with Crippen LogP contribution in [0.5, 0.6) is 5.75 Å². The Labute approximate surface area is 95.3 Å². The van der Waals surface area contributed by atoms with E-state index in [4.69, 9.17) is 10.5 Å². The van der Waals surface area contributed by atoms with Gasteiger partial charge in [0.25, 0.3) is 5.91 Å². The minimum absolute atomic E-state index is 0.142. The van der Waals surface area contributed by atoms with Crippen molar-refractivity contribution in [2.45, 2.75) is 0 Å². The molecular formula is C12H16N2O2. The minimum Gasteiger partial charge on any atom is -0.497 e. The van der Waals surface area contributed by atoms with Crippen LogP contribution in [0.25, 0.3) is 0 Å². The smallest absolute Gasteiger partial charge is 0.256 e. The van der Waals surface area contributed by atoms with E-state index in [1.165, 1.54) is 4.90 Å². The van der Waals surface area contributed by atoms with E-state index in [0.29, 0.717) is 23.5 Å². The number of likely N-dealkylation sites (N-methyl/N-ethyl adjacent to an activating group) is 1. The summed E-state index contributed by atoms with van der Waals surface area (Å²) in [5, 5.41) is 0. The standard InChI is InChI=1S/C12H16N2O2/c1-4-7-14(2)12(15)10-8-9(16-3)5-6-11(10)13/h4-6,8H,1,7,13H2,2-3H3. The molecular weight excluding hydrogens is 204 g/mol. The van der Waals surface area contributed by atoms with Crippen LogP contribution < -0.4 is 10.5 Å². The van der Waals surface area contributed by atoms with E-state index in [1.807, 2.05) is 0 Å². The maximum atomic E-state index is 12.0. The molecule has 0 aromatic heterocycles. The molecule has 4 nitrogen and oxygen atoms in total. The predicted octanol–water partition coefficient (Wildman–Crippen LogP) is 1.54. The van der Waals surface area contributed by atoms with Crippen molar-refractivity contribution in [3.8, 4) is 5.75 Å². The predicted molar refractivity (Wildman–Crippen MR) is 64.6 cm³/mol. The summed E-state index contributed by atoms with van der Waals surface area (Å²) in [5.41, 5.74) is 6.64. The molecule has 0 atom stereocenters. The van der Waals surface area contributed by atoms with Crippen LogP contribution in [0.1, 0.15) is 10.4 Å². The molecule has 0 spiro atoms. The first-order chi connectivity index (χ1) is 7.60. The number of carbonyl (C=O) groups is 1. The molecule has 0 bridgehead atoms. The van der Waals surface area contributed by atoms with E-state index in [1.54, 1.807) is 38.4 Å². The van der Waals surface area contributed by atoms with Gasteiger partial charge in [-0.05, 0) is 18.2 Å². The largest absolute Gasteiger partial charge is 0.497 e. The molecule has 16 heavy (non-hydrogen) atoms. The molecule has 0 aliphatic heterocycles. The Hall–Kier alpha value is -1.97. The number of hydrogen-bond donors (Lipinski definition) is 1. The third-order valence-electron chi connectivity index (χ3n) is 2.24. The lowest BCUT2D eigenvalue weighted by Gasteiger charge is -2.16. The van der Waals surface area contributed by atoms with Gasteiger partial charge in [0.2, 0.25) is 0 Å². The third-order valence-corrected chi connectivity index (χ3v) is 2.24. The molecule has 1 rings (SSSR count). The van der Waals surface area contributed by atoms with Crippen molar-refractivity contribution in [2.75, 3.05) is 26.4 Å². The average molecular weight is 220 g/mol. The van der Waals surface area contributed by atoms with Crippen LogP contribution in [-0.4, -0.2) is 31.5 Å². The highest BCUT2D eigenvalue weighted by molar-refractivity contribution is 5.99. The van der Waals surface area contributed by atoms with E-state index >= 15 is 0 Å². The van der Waals surface area contributed by atoms with Crippen LogP contribution in [0.15, 0.2) is 30.9 Å². The topological polar surface area (TPSA) is 55.6 Å². The van der Waals surface area contributed by atoms with Gasteiger partial charge in [0, 0.05) is 19.3 Å². The molecule has 0 saturated heterocycles. The molecule has 0 radical (unpaired) electrons. The lowest BCUT2D eigenvalue weighted by molar-refractivity contribution is 0.0811. The molecule has 4 heteroatoms. The molecule has 1 amide bonds. The number of rotatable bonds is 4. The second-order valence-corrected chi connectivity index (χ2v) is 3.43. The van der Waals surface area contributed by atoms with Crippen molar-refractivity contribution in [3.05, 3.63) is 36.4 Å². The Bertz CT molecular complexity index is 402. The first kappa shape index (κ1) is 12.1. The molecule has 0 saturated carbocycles. The molecule has 2 N–H and O–H groups in total. The molecule has 1 aromatic carbocycles. The van der Waals surface area contributed by atoms with Gasteiger partial charge < -0.3 is 15.4 Å². The zero-order chi connectivity index (χ0) is 12.1. The number of methoxy groups -OCH3 is 1. The monoisotopic (exact) mass is 220 g/mol. The van der Waals surface area contributed by atoms with Gasteiger partial charge in [-0.25, -0.2) is 0 Å². The first-order valence-electron chi connectivity index (χ1n) is 4.90. The van der Waals surface area contributed by atoms with Crippen LogP contribution >= 0.6 is 0 Å². The highest BCUT2D eigenvalue weighted by atomic mass is 16.5. The summed E-state index contributed by atoms with van der Waals surface area (Å²) in [6.45, 7) is 4.06. The molecule has 0 aliphatic rings. The average Bonchev–Trinajstić information content (AvgIpc) is 2.29. The van der Waals surface area contributed by atoms with E-state index in [9.17, 15) is 4.79 Å². The minimum atomic E-state index is -0.142. The van der Waals surface area contributed by atoms with Gasteiger partial charge in [-0.1, -0.05) is 6.08 Å². The van der Waals surface area contributed by atoms with E-state index in [-0.39, 0.29) is 5.91 Å². The number of ether oxygens (including phenoxy) is 1. The van der Waals surface area contributed by atoms with Gasteiger partial charge in [0.15, 0.2) is 0 Å². The molecule has 0 aliphatic carbocycles. The van der Waals surface area contributed by atoms with Crippen molar-refractivity contribution < 1.29 is 9.53 Å². The third kappa shape index (κ3) is 2.53. The lowest BCUT2D eigenvalue weighted by Crippen LogP contribution is -2.27. The van der Waals surface area contributed by atoms with Gasteiger partial charge in [-0.3, -0.25) is 4.79 Å². The fourth-order valence-electron chi connectivity index (χ4n) is 1.33. The van der Waals surface area contributed by atoms with Crippen molar-refractivity contribution in [1.82, 2.24) is 4.90 Å². The van der Waals surface area contributed by atoms with Gasteiger partial charge >= 0.3 is 0 Å². The van der Waals surface area contributed by atoms with Gasteiger partial charge in [-0.2, -0.15) is 0 Å². The molecule has 86 valence electrons. The summed E-state index contributed by atoms with van der Waals surface area (Å²) in [6.07, 6.45) is 1.66. The molecule has 0 fully saturated rings. The van der Waals surface area contributed by atoms with Gasteiger partial charge in [0.1, 0.15) is 5.75 Å². The van der Waals surface area contributed by atoms with Crippen molar-refractivity contribution in [1.29, 1.82) is 0 Å². The Morgan fingerprint density at radius 1 is 1.62 bits per heavy atom. The fourth-order valence-corrected chi connectivity index (χ4v) is 1.33. The zero-order valence-corrected chi connectivity index (χ0v) is 9.56. The summed E-state index contributed by atoms with van der Waals surface area (Å²) in [4.78, 5) is 13.5. The Kier molecular flexibility index (Phi) is 3.94. The first-order valence-corrected chi connectivity index (χ1v) is 4.90. The number of amides is 1. The maximum Gasteiger partial charge on any atom is 0.256 e. The number of nitrogen functional groups attached to an aromatic ring is 1. The van der Waals surface area contributed by atoms with E-state index < -0.39 is 0 Å². The molecule has 0 heterocycles. The van der Waals surface area contributed by atoms with Crippen LogP contribution in [0.4, 0.5) is 5.69 Å². The number of anilines is 1. The van der Waals surface area contributed by atoms with E-state index in [2.05, 4.69) is 6.58 Å². The second kappa shape index (κ2) is 5.21. The lowest BCUT2D eigenvalue weighted by atomic mass is 10.1. The molecule has 0 unspecified atom stereocenters. The van der Waals surface area contributed by atoms with Gasteiger partial charge in [-0.15, -0.1) is 6.58 Å². The number of hydrogen-bond acceptors (Lipinski definition) is 3. The van der Waals surface area contributed by atoms with Crippen molar-refractivity contribution >= 4 is 11.6 Å².